The van der Waals surface area contributed by atoms with Gasteiger partial charge in [0.05, 0.1) is 17.0 Å². The van der Waals surface area contributed by atoms with Gasteiger partial charge in [0.15, 0.2) is 11.5 Å². The van der Waals surface area contributed by atoms with Crippen LogP contribution in [0.25, 0.3) is 22.6 Å². The molecule has 45 heavy (non-hydrogen) atoms. The Labute approximate surface area is 274 Å². The first-order valence-corrected chi connectivity index (χ1v) is 15.3. The molecule has 0 spiro atoms. The summed E-state index contributed by atoms with van der Waals surface area (Å²) >= 11 is 19.9. The van der Waals surface area contributed by atoms with Crippen LogP contribution in [0.2, 0.25) is 5.02 Å². The summed E-state index contributed by atoms with van der Waals surface area (Å²) in [6.07, 6.45) is 0.834. The highest BCUT2D eigenvalue weighted by atomic mass is 35.5. The third-order valence-electron chi connectivity index (χ3n) is 7.49. The standard InChI is InChI=1S/C33H29Cl3FN3O5/c1-20(41)39-15-13-26(14-16-39)44-30-8-4-7-27(34)32(30)28-18-31(45-38-28)23-5-3-6-25(17-23)40(21(2)42)33(35,36)19-29(43)22-9-11-24(37)12-10-22/h3-12,17-18,26H,13-16,19H2,1-2H3. The van der Waals surface area contributed by atoms with Crippen molar-refractivity contribution in [2.45, 2.75) is 43.7 Å². The van der Waals surface area contributed by atoms with E-state index in [2.05, 4.69) is 5.16 Å². The van der Waals surface area contributed by atoms with E-state index < -0.39 is 28.4 Å². The Bertz CT molecular complexity index is 1720. The van der Waals surface area contributed by atoms with Crippen LogP contribution in [0.3, 0.4) is 0 Å². The third-order valence-corrected chi connectivity index (χ3v) is 8.41. The van der Waals surface area contributed by atoms with Gasteiger partial charge in [-0.1, -0.05) is 58.2 Å². The number of anilines is 1. The molecule has 0 radical (unpaired) electrons. The summed E-state index contributed by atoms with van der Waals surface area (Å²) in [5.74, 6) is -0.507. The summed E-state index contributed by atoms with van der Waals surface area (Å²) in [6.45, 7) is 4.07. The molecule has 1 aliphatic rings. The average Bonchev–Trinajstić information content (AvgIpc) is 3.47. The lowest BCUT2D eigenvalue weighted by molar-refractivity contribution is -0.130. The minimum atomic E-state index is -1.95. The van der Waals surface area contributed by atoms with Crippen LogP contribution in [0.1, 0.15) is 43.5 Å². The number of Topliss-reactive ketones (excluding diaryl/α,β-unsaturated/α-hetero) is 1. The molecule has 234 valence electrons. The number of nitrogens with zero attached hydrogens (tertiary/aromatic N) is 3. The molecule has 0 unspecified atom stereocenters. The van der Waals surface area contributed by atoms with Crippen molar-refractivity contribution in [3.63, 3.8) is 0 Å². The summed E-state index contributed by atoms with van der Waals surface area (Å²) in [6, 6.07) is 18.7. The lowest BCUT2D eigenvalue weighted by atomic mass is 10.1. The summed E-state index contributed by atoms with van der Waals surface area (Å²) in [5, 5.41) is 4.68. The Balaban J connectivity index is 1.38. The molecule has 0 aliphatic carbocycles. The van der Waals surface area contributed by atoms with Crippen LogP contribution in [0.4, 0.5) is 10.1 Å². The van der Waals surface area contributed by atoms with Crippen LogP contribution in [0.15, 0.2) is 77.3 Å². The molecule has 1 aromatic heterocycles. The first-order valence-electron chi connectivity index (χ1n) is 14.2. The number of likely N-dealkylation sites (tertiary alicyclic amines) is 1. The minimum Gasteiger partial charge on any atom is -0.490 e. The van der Waals surface area contributed by atoms with Gasteiger partial charge in [-0.05, 0) is 48.5 Å². The van der Waals surface area contributed by atoms with E-state index in [1.165, 1.54) is 19.1 Å². The van der Waals surface area contributed by atoms with E-state index in [0.717, 1.165) is 17.0 Å². The van der Waals surface area contributed by atoms with E-state index >= 15 is 0 Å². The fourth-order valence-electron chi connectivity index (χ4n) is 5.26. The van der Waals surface area contributed by atoms with E-state index in [-0.39, 0.29) is 17.6 Å². The number of halogens is 4. The molecule has 8 nitrogen and oxygen atoms in total. The Morgan fingerprint density at radius 1 is 1.02 bits per heavy atom. The fourth-order valence-corrected chi connectivity index (χ4v) is 6.20. The van der Waals surface area contributed by atoms with Gasteiger partial charge in [0.1, 0.15) is 23.4 Å². The number of rotatable bonds is 9. The van der Waals surface area contributed by atoms with Crippen molar-refractivity contribution < 1.29 is 28.0 Å². The highest BCUT2D eigenvalue weighted by molar-refractivity contribution is 6.52. The number of alkyl halides is 2. The minimum absolute atomic E-state index is 0.0452. The summed E-state index contributed by atoms with van der Waals surface area (Å²) in [5.41, 5.74) is 2.07. The second kappa shape index (κ2) is 13.6. The maximum atomic E-state index is 13.3. The van der Waals surface area contributed by atoms with Crippen molar-refractivity contribution in [1.29, 1.82) is 0 Å². The van der Waals surface area contributed by atoms with E-state index in [9.17, 15) is 18.8 Å². The average molecular weight is 673 g/mol. The number of ketones is 1. The second-order valence-corrected chi connectivity index (χ2v) is 12.5. The summed E-state index contributed by atoms with van der Waals surface area (Å²) < 4.78 is 23.4. The Morgan fingerprint density at radius 2 is 1.71 bits per heavy atom. The lowest BCUT2D eigenvalue weighted by Gasteiger charge is -2.33. The first-order chi connectivity index (χ1) is 21.4. The maximum Gasteiger partial charge on any atom is 0.226 e. The van der Waals surface area contributed by atoms with E-state index in [1.807, 2.05) is 6.07 Å². The maximum absolute atomic E-state index is 13.3. The summed E-state index contributed by atoms with van der Waals surface area (Å²) in [7, 11) is 0. The van der Waals surface area contributed by atoms with E-state index in [0.29, 0.717) is 65.0 Å². The monoisotopic (exact) mass is 671 g/mol. The molecule has 1 aliphatic heterocycles. The van der Waals surface area contributed by atoms with Gasteiger partial charge in [-0.2, -0.15) is 0 Å². The van der Waals surface area contributed by atoms with Crippen molar-refractivity contribution in [1.82, 2.24) is 10.1 Å². The molecule has 0 saturated carbocycles. The zero-order chi connectivity index (χ0) is 32.3. The van der Waals surface area contributed by atoms with Crippen LogP contribution in [-0.2, 0) is 9.59 Å². The molecule has 2 heterocycles. The zero-order valence-corrected chi connectivity index (χ0v) is 26.7. The predicted octanol–water partition coefficient (Wildman–Crippen LogP) is 7.95. The molecule has 4 aromatic rings. The van der Waals surface area contributed by atoms with Gasteiger partial charge in [-0.3, -0.25) is 19.3 Å². The smallest absolute Gasteiger partial charge is 0.226 e. The molecule has 1 saturated heterocycles. The first kappa shape index (κ1) is 32.5. The molecule has 2 amide bonds. The van der Waals surface area contributed by atoms with Crippen LogP contribution in [0, 0.1) is 5.82 Å². The highest BCUT2D eigenvalue weighted by Gasteiger charge is 2.38. The quantitative estimate of drug-likeness (QED) is 0.102. The molecule has 0 atom stereocenters. The lowest BCUT2D eigenvalue weighted by Crippen LogP contribution is -2.44. The van der Waals surface area contributed by atoms with Crippen molar-refractivity contribution in [3.8, 4) is 28.3 Å². The topological polar surface area (TPSA) is 93.0 Å². The number of piperidine rings is 1. The van der Waals surface area contributed by atoms with Gasteiger partial charge in [-0.25, -0.2) is 4.39 Å². The molecule has 3 aromatic carbocycles. The number of benzene rings is 3. The molecule has 5 rings (SSSR count). The van der Waals surface area contributed by atoms with Gasteiger partial charge in [0, 0.05) is 62.7 Å². The fraction of sp³-hybridized carbons (Fsp3) is 0.273. The van der Waals surface area contributed by atoms with E-state index in [1.54, 1.807) is 54.3 Å². The molecule has 0 bridgehead atoms. The van der Waals surface area contributed by atoms with Crippen molar-refractivity contribution >= 4 is 58.1 Å². The van der Waals surface area contributed by atoms with Crippen LogP contribution < -0.4 is 9.64 Å². The Morgan fingerprint density at radius 3 is 2.38 bits per heavy atom. The number of carbonyl (C=O) groups excluding carboxylic acids is 3. The van der Waals surface area contributed by atoms with Gasteiger partial charge in [0.2, 0.25) is 16.3 Å². The van der Waals surface area contributed by atoms with Gasteiger partial charge in [0.25, 0.3) is 0 Å². The van der Waals surface area contributed by atoms with Crippen molar-refractivity contribution in [2.24, 2.45) is 0 Å². The number of ether oxygens (including phenoxy) is 1. The van der Waals surface area contributed by atoms with Crippen LogP contribution in [0.5, 0.6) is 5.75 Å². The van der Waals surface area contributed by atoms with Crippen molar-refractivity contribution in [2.75, 3.05) is 18.0 Å². The summed E-state index contributed by atoms with van der Waals surface area (Å²) in [4.78, 5) is 40.3. The van der Waals surface area contributed by atoms with Crippen molar-refractivity contribution in [3.05, 3.63) is 89.2 Å². The molecule has 12 heteroatoms. The number of amides is 2. The van der Waals surface area contributed by atoms with Gasteiger partial charge < -0.3 is 14.2 Å². The van der Waals surface area contributed by atoms with Crippen LogP contribution in [-0.4, -0.2) is 51.3 Å². The molecule has 0 N–H and O–H groups in total. The normalized spacial score (nSPS) is 13.9. The Hall–Kier alpha value is -3.92. The third kappa shape index (κ3) is 7.49. The SMILES string of the molecule is CC(=O)N1CCC(Oc2cccc(Cl)c2-c2cc(-c3cccc(N(C(C)=O)C(Cl)(Cl)CC(=O)c4ccc(F)cc4)c3)on2)CC1. The molecular formula is C33H29Cl3FN3O5. The zero-order valence-electron chi connectivity index (χ0n) is 24.4. The molecular weight excluding hydrogens is 644 g/mol. The van der Waals surface area contributed by atoms with E-state index in [4.69, 9.17) is 44.1 Å². The largest absolute Gasteiger partial charge is 0.490 e. The highest BCUT2D eigenvalue weighted by Crippen LogP contribution is 2.41. The number of carbonyl (C=O) groups is 3. The number of aromatic nitrogens is 1. The number of hydrogen-bond acceptors (Lipinski definition) is 6. The Kier molecular flexibility index (Phi) is 9.82. The molecule has 1 fully saturated rings. The van der Waals surface area contributed by atoms with Gasteiger partial charge >= 0.3 is 0 Å². The van der Waals surface area contributed by atoms with Crippen LogP contribution >= 0.6 is 34.8 Å². The van der Waals surface area contributed by atoms with Gasteiger partial charge in [-0.15, -0.1) is 0 Å². The number of hydrogen-bond donors (Lipinski definition) is 0. The predicted molar refractivity (Wildman–Crippen MR) is 171 cm³/mol. The second-order valence-electron chi connectivity index (χ2n) is 10.7.